The lowest BCUT2D eigenvalue weighted by Crippen LogP contribution is -2.59. The van der Waals surface area contributed by atoms with Crippen LogP contribution in [0.15, 0.2) is 24.3 Å². The van der Waals surface area contributed by atoms with Crippen molar-refractivity contribution < 1.29 is 42.6 Å². The number of aliphatic carboxylic acids is 1. The maximum absolute atomic E-state index is 12.8. The number of carboxylic acids is 1. The number of rotatable bonds is 10. The quantitative estimate of drug-likeness (QED) is 0.345. The standard InChI is InChI=1S/C21H28F3N3O6/c1-10(2)15(27-20(33)21(22,23)24)18(30)25-14(9-12-5-7-13(28)8-6-12)17(29)26-16(11(3)4)19(31)32/h5-8,10-11,14-16,28H,9H2,1-4H3,(H,25,30)(H,26,29)(H,27,33)(H,31,32)/t14?,15-,16-/m0/s1. The fourth-order valence-electron chi connectivity index (χ4n) is 2.86. The molecule has 1 rings (SSSR count). The largest absolute Gasteiger partial charge is 0.508 e. The van der Waals surface area contributed by atoms with Crippen molar-refractivity contribution in [3.63, 3.8) is 0 Å². The maximum Gasteiger partial charge on any atom is 0.471 e. The fraction of sp³-hybridized carbons (Fsp3) is 0.524. The molecule has 9 nitrogen and oxygen atoms in total. The van der Waals surface area contributed by atoms with Gasteiger partial charge in [-0.3, -0.25) is 14.4 Å². The summed E-state index contributed by atoms with van der Waals surface area (Å²) in [5, 5.41) is 25.0. The number of benzene rings is 1. The number of halogens is 3. The molecular formula is C21H28F3N3O6. The molecule has 0 radical (unpaired) electrons. The van der Waals surface area contributed by atoms with Crippen molar-refractivity contribution in [1.29, 1.82) is 0 Å². The van der Waals surface area contributed by atoms with Crippen LogP contribution in [-0.4, -0.2) is 58.2 Å². The number of carbonyl (C=O) groups is 4. The van der Waals surface area contributed by atoms with E-state index in [1.54, 1.807) is 19.2 Å². The van der Waals surface area contributed by atoms with Crippen LogP contribution in [0.4, 0.5) is 13.2 Å². The molecule has 0 spiro atoms. The summed E-state index contributed by atoms with van der Waals surface area (Å²) in [6.07, 6.45) is -5.36. The van der Waals surface area contributed by atoms with Crippen LogP contribution in [0.1, 0.15) is 33.3 Å². The van der Waals surface area contributed by atoms with Gasteiger partial charge in [-0.05, 0) is 29.5 Å². The third kappa shape index (κ3) is 8.62. The van der Waals surface area contributed by atoms with E-state index in [1.165, 1.54) is 38.1 Å². The fourth-order valence-corrected chi connectivity index (χ4v) is 2.86. The predicted octanol–water partition coefficient (Wildman–Crippen LogP) is 1.35. The van der Waals surface area contributed by atoms with E-state index in [-0.39, 0.29) is 12.2 Å². The molecule has 0 aromatic heterocycles. The summed E-state index contributed by atoms with van der Waals surface area (Å²) in [5.74, 6) is -6.82. The first kappa shape index (κ1) is 27.7. The second kappa shape index (κ2) is 11.5. The van der Waals surface area contributed by atoms with E-state index < -0.39 is 59.8 Å². The van der Waals surface area contributed by atoms with E-state index in [9.17, 15) is 42.6 Å². The maximum atomic E-state index is 12.8. The number of hydrogen-bond acceptors (Lipinski definition) is 5. The van der Waals surface area contributed by atoms with Gasteiger partial charge in [0.25, 0.3) is 0 Å². The van der Waals surface area contributed by atoms with Crippen LogP contribution in [0.2, 0.25) is 0 Å². The van der Waals surface area contributed by atoms with Crippen molar-refractivity contribution in [1.82, 2.24) is 16.0 Å². The van der Waals surface area contributed by atoms with Crippen molar-refractivity contribution >= 4 is 23.7 Å². The number of amides is 3. The number of nitrogens with one attached hydrogen (secondary N) is 3. The van der Waals surface area contributed by atoms with E-state index in [2.05, 4.69) is 10.6 Å². The Morgan fingerprint density at radius 1 is 0.848 bits per heavy atom. The average Bonchev–Trinajstić information content (AvgIpc) is 2.69. The van der Waals surface area contributed by atoms with Gasteiger partial charge in [0.05, 0.1) is 0 Å². The van der Waals surface area contributed by atoms with Gasteiger partial charge in [0.2, 0.25) is 11.8 Å². The highest BCUT2D eigenvalue weighted by Gasteiger charge is 2.42. The van der Waals surface area contributed by atoms with E-state index in [0.29, 0.717) is 5.56 Å². The van der Waals surface area contributed by atoms with Gasteiger partial charge in [-0.15, -0.1) is 0 Å². The Bertz CT molecular complexity index is 856. The Morgan fingerprint density at radius 3 is 1.79 bits per heavy atom. The van der Waals surface area contributed by atoms with E-state index in [4.69, 9.17) is 0 Å². The molecule has 184 valence electrons. The number of carbonyl (C=O) groups excluding carboxylic acids is 3. The first-order chi connectivity index (χ1) is 15.1. The van der Waals surface area contributed by atoms with Crippen molar-refractivity contribution in [2.45, 2.75) is 58.4 Å². The molecule has 5 N–H and O–H groups in total. The minimum atomic E-state index is -5.21. The summed E-state index contributed by atoms with van der Waals surface area (Å²) < 4.78 is 38.0. The Hall–Kier alpha value is -3.31. The molecule has 12 heteroatoms. The summed E-state index contributed by atoms with van der Waals surface area (Å²) in [6, 6.07) is 1.35. The number of alkyl halides is 3. The molecule has 3 amide bonds. The summed E-state index contributed by atoms with van der Waals surface area (Å²) in [5.41, 5.74) is 0.477. The monoisotopic (exact) mass is 475 g/mol. The molecule has 0 aliphatic rings. The number of carboxylic acid groups (broad SMARTS) is 1. The lowest BCUT2D eigenvalue weighted by Gasteiger charge is -2.27. The SMILES string of the molecule is CC(C)[C@H](NC(=O)C(Cc1ccc(O)cc1)NC(=O)[C@@H](NC(=O)C(F)(F)F)C(C)C)C(=O)O. The Morgan fingerprint density at radius 2 is 1.36 bits per heavy atom. The van der Waals surface area contributed by atoms with E-state index in [1.807, 2.05) is 0 Å². The smallest absolute Gasteiger partial charge is 0.471 e. The molecule has 3 atom stereocenters. The number of aromatic hydroxyl groups is 1. The van der Waals surface area contributed by atoms with Crippen molar-refractivity contribution in [2.24, 2.45) is 11.8 Å². The number of phenols is 1. The lowest BCUT2D eigenvalue weighted by molar-refractivity contribution is -0.175. The molecule has 0 fully saturated rings. The van der Waals surface area contributed by atoms with Crippen LogP contribution in [0, 0.1) is 11.8 Å². The molecule has 0 heterocycles. The molecule has 33 heavy (non-hydrogen) atoms. The third-order valence-corrected chi connectivity index (χ3v) is 4.73. The van der Waals surface area contributed by atoms with E-state index in [0.717, 1.165) is 0 Å². The van der Waals surface area contributed by atoms with Crippen LogP contribution in [0.25, 0.3) is 0 Å². The molecular weight excluding hydrogens is 447 g/mol. The third-order valence-electron chi connectivity index (χ3n) is 4.73. The van der Waals surface area contributed by atoms with Crippen molar-refractivity contribution in [2.75, 3.05) is 0 Å². The lowest BCUT2D eigenvalue weighted by atomic mass is 9.99. The molecule has 0 aliphatic carbocycles. The molecule has 1 unspecified atom stereocenters. The molecule has 0 aliphatic heterocycles. The van der Waals surface area contributed by atoms with E-state index >= 15 is 0 Å². The molecule has 1 aromatic carbocycles. The number of hydrogen-bond donors (Lipinski definition) is 5. The van der Waals surface area contributed by atoms with Crippen molar-refractivity contribution in [3.05, 3.63) is 29.8 Å². The van der Waals surface area contributed by atoms with Crippen LogP contribution in [0.3, 0.4) is 0 Å². The normalized spacial score (nSPS) is 14.3. The van der Waals surface area contributed by atoms with Gasteiger partial charge in [-0.25, -0.2) is 4.79 Å². The zero-order valence-corrected chi connectivity index (χ0v) is 18.6. The van der Waals surface area contributed by atoms with Gasteiger partial charge in [-0.1, -0.05) is 39.8 Å². The highest BCUT2D eigenvalue weighted by molar-refractivity contribution is 5.94. The first-order valence-corrected chi connectivity index (χ1v) is 10.1. The summed E-state index contributed by atoms with van der Waals surface area (Å²) in [7, 11) is 0. The summed E-state index contributed by atoms with van der Waals surface area (Å²) >= 11 is 0. The van der Waals surface area contributed by atoms with Crippen LogP contribution in [0.5, 0.6) is 5.75 Å². The van der Waals surface area contributed by atoms with Gasteiger partial charge in [0.1, 0.15) is 23.9 Å². The Labute approximate surface area is 188 Å². The molecule has 0 bridgehead atoms. The van der Waals surface area contributed by atoms with Crippen LogP contribution >= 0.6 is 0 Å². The molecule has 1 aromatic rings. The zero-order chi connectivity index (χ0) is 25.5. The highest BCUT2D eigenvalue weighted by Crippen LogP contribution is 2.16. The average molecular weight is 475 g/mol. The predicted molar refractivity (Wildman–Crippen MR) is 111 cm³/mol. The summed E-state index contributed by atoms with van der Waals surface area (Å²) in [6.45, 7) is 5.95. The Balaban J connectivity index is 3.16. The minimum Gasteiger partial charge on any atom is -0.508 e. The molecule has 0 saturated heterocycles. The van der Waals surface area contributed by atoms with Crippen LogP contribution < -0.4 is 16.0 Å². The minimum absolute atomic E-state index is 0.0516. The second-order valence-corrected chi connectivity index (χ2v) is 8.19. The van der Waals surface area contributed by atoms with Gasteiger partial charge in [0.15, 0.2) is 0 Å². The highest BCUT2D eigenvalue weighted by atomic mass is 19.4. The first-order valence-electron chi connectivity index (χ1n) is 10.1. The van der Waals surface area contributed by atoms with Crippen LogP contribution in [-0.2, 0) is 25.6 Å². The topological polar surface area (TPSA) is 145 Å². The Kier molecular flexibility index (Phi) is 9.68. The summed E-state index contributed by atoms with van der Waals surface area (Å²) in [4.78, 5) is 48.4. The van der Waals surface area contributed by atoms with Gasteiger partial charge >= 0.3 is 18.1 Å². The van der Waals surface area contributed by atoms with Crippen molar-refractivity contribution in [3.8, 4) is 5.75 Å². The molecule has 0 saturated carbocycles. The second-order valence-electron chi connectivity index (χ2n) is 8.19. The van der Waals surface area contributed by atoms with Gasteiger partial charge in [0, 0.05) is 6.42 Å². The van der Waals surface area contributed by atoms with Gasteiger partial charge < -0.3 is 26.2 Å². The number of phenolic OH excluding ortho intramolecular Hbond substituents is 1. The van der Waals surface area contributed by atoms with Gasteiger partial charge in [-0.2, -0.15) is 13.2 Å². The zero-order valence-electron chi connectivity index (χ0n) is 18.6.